The van der Waals surface area contributed by atoms with Crippen LogP contribution in [-0.2, 0) is 0 Å². The van der Waals surface area contributed by atoms with Gasteiger partial charge in [0.05, 0.1) is 5.71 Å². The van der Waals surface area contributed by atoms with E-state index in [4.69, 9.17) is 9.47 Å². The summed E-state index contributed by atoms with van der Waals surface area (Å²) in [5, 5.41) is 13.3. The van der Waals surface area contributed by atoms with E-state index in [0.29, 0.717) is 22.8 Å². The molecule has 22 heavy (non-hydrogen) atoms. The highest BCUT2D eigenvalue weighted by Crippen LogP contribution is 2.32. The number of benzene rings is 2. The highest BCUT2D eigenvalue weighted by Gasteiger charge is 2.14. The minimum atomic E-state index is -0.347. The number of hydrazone groups is 1. The van der Waals surface area contributed by atoms with Crippen molar-refractivity contribution in [3.05, 3.63) is 53.6 Å². The van der Waals surface area contributed by atoms with Gasteiger partial charge in [-0.15, -0.1) is 0 Å². The third kappa shape index (κ3) is 2.85. The smallest absolute Gasteiger partial charge is 0.271 e. The fraction of sp³-hybridized carbons (Fsp3) is 0.125. The van der Waals surface area contributed by atoms with E-state index in [1.165, 1.54) is 24.3 Å². The van der Waals surface area contributed by atoms with Crippen LogP contribution in [0.1, 0.15) is 22.8 Å². The maximum atomic E-state index is 11.9. The van der Waals surface area contributed by atoms with Gasteiger partial charge in [-0.05, 0) is 49.4 Å². The van der Waals surface area contributed by atoms with Crippen LogP contribution in [0.25, 0.3) is 0 Å². The molecule has 0 saturated heterocycles. The van der Waals surface area contributed by atoms with E-state index in [9.17, 15) is 9.90 Å². The van der Waals surface area contributed by atoms with E-state index in [1.54, 1.807) is 13.0 Å². The maximum Gasteiger partial charge on any atom is 0.271 e. The van der Waals surface area contributed by atoms with Gasteiger partial charge in [0, 0.05) is 11.1 Å². The molecule has 0 spiro atoms. The summed E-state index contributed by atoms with van der Waals surface area (Å²) >= 11 is 0. The van der Waals surface area contributed by atoms with Crippen LogP contribution in [0.15, 0.2) is 47.6 Å². The zero-order valence-corrected chi connectivity index (χ0v) is 11.9. The molecule has 1 aliphatic rings. The second kappa shape index (κ2) is 5.77. The summed E-state index contributed by atoms with van der Waals surface area (Å²) in [5.74, 6) is 1.12. The van der Waals surface area contributed by atoms with E-state index >= 15 is 0 Å². The SMILES string of the molecule is C/C(=N\NC(=O)c1ccc(O)cc1)c1ccc2c(c1)OCO2. The molecule has 1 heterocycles. The van der Waals surface area contributed by atoms with Gasteiger partial charge in [0.2, 0.25) is 6.79 Å². The third-order valence-corrected chi connectivity index (χ3v) is 3.24. The van der Waals surface area contributed by atoms with Gasteiger partial charge in [-0.1, -0.05) is 0 Å². The second-order valence-electron chi connectivity index (χ2n) is 4.75. The van der Waals surface area contributed by atoms with Crippen molar-refractivity contribution in [1.29, 1.82) is 0 Å². The highest BCUT2D eigenvalue weighted by molar-refractivity contribution is 6.01. The van der Waals surface area contributed by atoms with Crippen LogP contribution < -0.4 is 14.9 Å². The maximum absolute atomic E-state index is 11.9. The van der Waals surface area contributed by atoms with Crippen LogP contribution >= 0.6 is 0 Å². The normalized spacial score (nSPS) is 13.0. The number of hydrogen-bond donors (Lipinski definition) is 2. The lowest BCUT2D eigenvalue weighted by Crippen LogP contribution is -2.19. The Kier molecular flexibility index (Phi) is 3.65. The number of nitrogens with zero attached hydrogens (tertiary/aromatic N) is 1. The van der Waals surface area contributed by atoms with Gasteiger partial charge in [-0.3, -0.25) is 4.79 Å². The molecule has 0 bridgehead atoms. The lowest BCUT2D eigenvalue weighted by atomic mass is 10.1. The molecule has 2 aromatic carbocycles. The first-order chi connectivity index (χ1) is 10.6. The van der Waals surface area contributed by atoms with Gasteiger partial charge < -0.3 is 14.6 Å². The number of ether oxygens (including phenoxy) is 2. The van der Waals surface area contributed by atoms with Crippen molar-refractivity contribution < 1.29 is 19.4 Å². The number of nitrogens with one attached hydrogen (secondary N) is 1. The fourth-order valence-electron chi connectivity index (χ4n) is 2.00. The molecule has 6 nitrogen and oxygen atoms in total. The van der Waals surface area contributed by atoms with Crippen molar-refractivity contribution >= 4 is 11.6 Å². The topological polar surface area (TPSA) is 80.2 Å². The minimum Gasteiger partial charge on any atom is -0.508 e. The van der Waals surface area contributed by atoms with Crippen LogP contribution in [0.2, 0.25) is 0 Å². The Labute approximate surface area is 127 Å². The van der Waals surface area contributed by atoms with Crippen molar-refractivity contribution in [2.75, 3.05) is 6.79 Å². The standard InChI is InChI=1S/C16H14N2O4/c1-10(12-4-7-14-15(8-12)22-9-21-14)17-18-16(20)11-2-5-13(19)6-3-11/h2-8,19H,9H2,1H3,(H,18,20)/b17-10+. The number of phenolic OH excluding ortho intramolecular Hbond substituents is 1. The molecule has 0 atom stereocenters. The Balaban J connectivity index is 1.72. The molecule has 0 aliphatic carbocycles. The van der Waals surface area contributed by atoms with Crippen LogP contribution in [-0.4, -0.2) is 23.5 Å². The van der Waals surface area contributed by atoms with E-state index in [1.807, 2.05) is 12.1 Å². The lowest BCUT2D eigenvalue weighted by Gasteiger charge is -2.04. The fourth-order valence-corrected chi connectivity index (χ4v) is 2.00. The quantitative estimate of drug-likeness (QED) is 0.673. The summed E-state index contributed by atoms with van der Waals surface area (Å²) in [7, 11) is 0. The summed E-state index contributed by atoms with van der Waals surface area (Å²) in [6.07, 6.45) is 0. The van der Waals surface area contributed by atoms with E-state index < -0.39 is 0 Å². The van der Waals surface area contributed by atoms with Crippen LogP contribution in [0, 0.1) is 0 Å². The van der Waals surface area contributed by atoms with E-state index in [2.05, 4.69) is 10.5 Å². The van der Waals surface area contributed by atoms with Crippen LogP contribution in [0.3, 0.4) is 0 Å². The van der Waals surface area contributed by atoms with Crippen molar-refractivity contribution in [3.63, 3.8) is 0 Å². The Hall–Kier alpha value is -3.02. The third-order valence-electron chi connectivity index (χ3n) is 3.24. The Morgan fingerprint density at radius 3 is 2.55 bits per heavy atom. The summed E-state index contributed by atoms with van der Waals surface area (Å²) in [4.78, 5) is 11.9. The zero-order valence-electron chi connectivity index (χ0n) is 11.9. The van der Waals surface area contributed by atoms with Crippen molar-refractivity contribution in [1.82, 2.24) is 5.43 Å². The number of carbonyl (C=O) groups is 1. The van der Waals surface area contributed by atoms with Gasteiger partial charge in [0.25, 0.3) is 5.91 Å². The molecule has 2 aromatic rings. The van der Waals surface area contributed by atoms with E-state index in [0.717, 1.165) is 5.56 Å². The average molecular weight is 298 g/mol. The molecule has 2 N–H and O–H groups in total. The number of rotatable bonds is 3. The Morgan fingerprint density at radius 2 is 1.77 bits per heavy atom. The first-order valence-corrected chi connectivity index (χ1v) is 6.67. The van der Waals surface area contributed by atoms with Crippen molar-refractivity contribution in [3.8, 4) is 17.2 Å². The van der Waals surface area contributed by atoms with Gasteiger partial charge in [0.1, 0.15) is 5.75 Å². The monoisotopic (exact) mass is 298 g/mol. The average Bonchev–Trinajstić information content (AvgIpc) is 3.00. The van der Waals surface area contributed by atoms with Gasteiger partial charge in [0.15, 0.2) is 11.5 Å². The zero-order chi connectivity index (χ0) is 15.5. The summed E-state index contributed by atoms with van der Waals surface area (Å²) in [5.41, 5.74) is 4.37. The molecule has 0 unspecified atom stereocenters. The molecular weight excluding hydrogens is 284 g/mol. The number of amides is 1. The van der Waals surface area contributed by atoms with Crippen LogP contribution in [0.5, 0.6) is 17.2 Å². The first-order valence-electron chi connectivity index (χ1n) is 6.67. The number of aromatic hydroxyl groups is 1. The van der Waals surface area contributed by atoms with Gasteiger partial charge >= 0.3 is 0 Å². The number of hydrogen-bond acceptors (Lipinski definition) is 5. The second-order valence-corrected chi connectivity index (χ2v) is 4.75. The largest absolute Gasteiger partial charge is 0.508 e. The van der Waals surface area contributed by atoms with Gasteiger partial charge in [-0.2, -0.15) is 5.10 Å². The lowest BCUT2D eigenvalue weighted by molar-refractivity contribution is 0.0955. The van der Waals surface area contributed by atoms with E-state index in [-0.39, 0.29) is 18.4 Å². The minimum absolute atomic E-state index is 0.108. The molecule has 0 fully saturated rings. The predicted octanol–water partition coefficient (Wildman–Crippen LogP) is 2.27. The van der Waals surface area contributed by atoms with Crippen molar-refractivity contribution in [2.24, 2.45) is 5.10 Å². The molecule has 0 radical (unpaired) electrons. The molecule has 0 saturated carbocycles. The summed E-state index contributed by atoms with van der Waals surface area (Å²) < 4.78 is 10.6. The number of carbonyl (C=O) groups excluding carboxylic acids is 1. The molecule has 6 heteroatoms. The molecule has 0 aromatic heterocycles. The molecular formula is C16H14N2O4. The Bertz CT molecular complexity index is 738. The molecule has 1 aliphatic heterocycles. The Morgan fingerprint density at radius 1 is 1.09 bits per heavy atom. The first kappa shape index (κ1) is 13.9. The molecule has 1 amide bonds. The van der Waals surface area contributed by atoms with Gasteiger partial charge in [-0.25, -0.2) is 5.43 Å². The number of phenols is 1. The highest BCUT2D eigenvalue weighted by atomic mass is 16.7. The van der Waals surface area contributed by atoms with Crippen molar-refractivity contribution in [2.45, 2.75) is 6.92 Å². The molecule has 3 rings (SSSR count). The molecule has 112 valence electrons. The predicted molar refractivity (Wildman–Crippen MR) is 80.3 cm³/mol. The number of fused-ring (bicyclic) bond motifs is 1. The summed E-state index contributed by atoms with van der Waals surface area (Å²) in [6, 6.07) is 11.4. The summed E-state index contributed by atoms with van der Waals surface area (Å²) in [6.45, 7) is 2.00. The van der Waals surface area contributed by atoms with Crippen LogP contribution in [0.4, 0.5) is 0 Å².